The number of tetrazole rings is 1. The van der Waals surface area contributed by atoms with Gasteiger partial charge in [0.15, 0.2) is 5.82 Å². The molecular weight excluding hydrogens is 210 g/mol. The van der Waals surface area contributed by atoms with Crippen LogP contribution in [0.25, 0.3) is 0 Å². The lowest BCUT2D eigenvalue weighted by Gasteiger charge is -2.08. The van der Waals surface area contributed by atoms with Gasteiger partial charge in [-0.3, -0.25) is 4.79 Å². The highest BCUT2D eigenvalue weighted by atomic mass is 16.3. The van der Waals surface area contributed by atoms with Crippen molar-refractivity contribution < 1.29 is 9.21 Å². The Bertz CT molecular complexity index is 476. The molecule has 2 heterocycles. The second-order valence-electron chi connectivity index (χ2n) is 3.36. The monoisotopic (exact) mass is 221 g/mol. The Balaban J connectivity index is 2.06. The van der Waals surface area contributed by atoms with Crippen molar-refractivity contribution in [2.24, 2.45) is 0 Å². The van der Waals surface area contributed by atoms with Gasteiger partial charge in [-0.2, -0.15) is 5.21 Å². The normalized spacial score (nSPS) is 12.4. The topological polar surface area (TPSA) is 96.7 Å². The average molecular weight is 221 g/mol. The van der Waals surface area contributed by atoms with Crippen LogP contribution in [0.4, 0.5) is 0 Å². The summed E-state index contributed by atoms with van der Waals surface area (Å²) in [6, 6.07) is 1.31. The van der Waals surface area contributed by atoms with Crippen LogP contribution in [0.3, 0.4) is 0 Å². The van der Waals surface area contributed by atoms with Crippen LogP contribution in [0.15, 0.2) is 16.7 Å². The molecule has 84 valence electrons. The second kappa shape index (κ2) is 4.13. The molecule has 2 N–H and O–H groups in total. The van der Waals surface area contributed by atoms with E-state index < -0.39 is 0 Å². The molecule has 0 aliphatic rings. The quantitative estimate of drug-likeness (QED) is 0.790. The molecular formula is C9H11N5O2. The van der Waals surface area contributed by atoms with Crippen molar-refractivity contribution in [2.45, 2.75) is 19.9 Å². The zero-order valence-electron chi connectivity index (χ0n) is 8.89. The fourth-order valence-corrected chi connectivity index (χ4v) is 1.31. The fourth-order valence-electron chi connectivity index (χ4n) is 1.31. The van der Waals surface area contributed by atoms with Gasteiger partial charge in [0, 0.05) is 0 Å². The van der Waals surface area contributed by atoms with Gasteiger partial charge in [-0.1, -0.05) is 5.21 Å². The number of rotatable bonds is 3. The summed E-state index contributed by atoms with van der Waals surface area (Å²) in [6.07, 6.45) is 1.48. The maximum absolute atomic E-state index is 11.8. The lowest BCUT2D eigenvalue weighted by molar-refractivity contribution is 0.0937. The number of amides is 1. The predicted octanol–water partition coefficient (Wildman–Crippen LogP) is 0.592. The highest BCUT2D eigenvalue weighted by Gasteiger charge is 2.17. The van der Waals surface area contributed by atoms with Crippen LogP contribution in [0, 0.1) is 6.92 Å². The number of aryl methyl sites for hydroxylation is 1. The number of furan rings is 1. The molecule has 0 saturated carbocycles. The highest BCUT2D eigenvalue weighted by Crippen LogP contribution is 2.11. The van der Waals surface area contributed by atoms with Crippen molar-refractivity contribution in [2.75, 3.05) is 0 Å². The van der Waals surface area contributed by atoms with Crippen molar-refractivity contribution >= 4 is 5.91 Å². The van der Waals surface area contributed by atoms with E-state index in [1.165, 1.54) is 6.26 Å². The molecule has 0 spiro atoms. The molecule has 0 radical (unpaired) electrons. The van der Waals surface area contributed by atoms with Crippen molar-refractivity contribution in [1.82, 2.24) is 25.9 Å². The van der Waals surface area contributed by atoms with Crippen LogP contribution >= 0.6 is 0 Å². The number of nitrogens with one attached hydrogen (secondary N) is 2. The Morgan fingerprint density at radius 1 is 1.62 bits per heavy atom. The largest absolute Gasteiger partial charge is 0.469 e. The molecule has 7 heteroatoms. The van der Waals surface area contributed by atoms with Crippen molar-refractivity contribution in [3.05, 3.63) is 29.5 Å². The van der Waals surface area contributed by atoms with Crippen LogP contribution in [-0.4, -0.2) is 26.5 Å². The number of hydrogen-bond donors (Lipinski definition) is 2. The van der Waals surface area contributed by atoms with Crippen LogP contribution in [0.1, 0.15) is 34.9 Å². The number of nitrogens with zero attached hydrogens (tertiary/aromatic N) is 3. The average Bonchev–Trinajstić information content (AvgIpc) is 2.86. The van der Waals surface area contributed by atoms with E-state index in [1.807, 2.05) is 0 Å². The molecule has 2 rings (SSSR count). The predicted molar refractivity (Wildman–Crippen MR) is 53.5 cm³/mol. The van der Waals surface area contributed by atoms with Gasteiger partial charge in [0.2, 0.25) is 0 Å². The van der Waals surface area contributed by atoms with E-state index in [2.05, 4.69) is 25.9 Å². The Morgan fingerprint density at radius 3 is 3.00 bits per heavy atom. The third kappa shape index (κ3) is 1.92. The summed E-state index contributed by atoms with van der Waals surface area (Å²) in [6.45, 7) is 3.51. The maximum Gasteiger partial charge on any atom is 0.255 e. The minimum absolute atomic E-state index is 0.219. The van der Waals surface area contributed by atoms with E-state index in [4.69, 9.17) is 4.42 Å². The van der Waals surface area contributed by atoms with Crippen molar-refractivity contribution in [3.63, 3.8) is 0 Å². The van der Waals surface area contributed by atoms with Gasteiger partial charge >= 0.3 is 0 Å². The molecule has 2 aromatic rings. The van der Waals surface area contributed by atoms with E-state index in [-0.39, 0.29) is 11.9 Å². The third-order valence-corrected chi connectivity index (χ3v) is 2.20. The first-order valence-corrected chi connectivity index (χ1v) is 4.77. The molecule has 0 bridgehead atoms. The maximum atomic E-state index is 11.8. The van der Waals surface area contributed by atoms with Gasteiger partial charge in [0.25, 0.3) is 5.91 Å². The molecule has 2 aromatic heterocycles. The van der Waals surface area contributed by atoms with Gasteiger partial charge in [-0.15, -0.1) is 10.2 Å². The molecule has 1 atom stereocenters. The Labute approximate surface area is 91.2 Å². The lowest BCUT2D eigenvalue weighted by Crippen LogP contribution is -2.27. The molecule has 0 aliphatic carbocycles. The molecule has 1 unspecified atom stereocenters. The van der Waals surface area contributed by atoms with Crippen LogP contribution in [-0.2, 0) is 0 Å². The summed E-state index contributed by atoms with van der Waals surface area (Å²) in [4.78, 5) is 11.8. The standard InChI is InChI=1S/C9H11N5O2/c1-5(8-11-13-14-12-8)10-9(15)7-3-4-16-6(7)2/h3-5H,1-2H3,(H,10,15)(H,11,12,13,14). The number of aromatic nitrogens is 4. The zero-order chi connectivity index (χ0) is 11.5. The molecule has 0 saturated heterocycles. The highest BCUT2D eigenvalue weighted by molar-refractivity contribution is 5.95. The van der Waals surface area contributed by atoms with E-state index in [0.29, 0.717) is 17.1 Å². The molecule has 7 nitrogen and oxygen atoms in total. The number of aromatic amines is 1. The molecule has 16 heavy (non-hydrogen) atoms. The number of hydrogen-bond acceptors (Lipinski definition) is 5. The van der Waals surface area contributed by atoms with E-state index in [9.17, 15) is 4.79 Å². The number of carbonyl (C=O) groups is 1. The van der Waals surface area contributed by atoms with Crippen molar-refractivity contribution in [1.29, 1.82) is 0 Å². The number of carbonyl (C=O) groups excluding carboxylic acids is 1. The minimum atomic E-state index is -0.305. The van der Waals surface area contributed by atoms with Crippen LogP contribution < -0.4 is 5.32 Å². The SMILES string of the molecule is Cc1occc1C(=O)NC(C)c1nn[nH]n1. The zero-order valence-corrected chi connectivity index (χ0v) is 8.89. The third-order valence-electron chi connectivity index (χ3n) is 2.20. The summed E-state index contributed by atoms with van der Waals surface area (Å²) in [5.41, 5.74) is 0.510. The fraction of sp³-hybridized carbons (Fsp3) is 0.333. The molecule has 0 fully saturated rings. The summed E-state index contributed by atoms with van der Waals surface area (Å²) in [5, 5.41) is 16.1. The summed E-state index contributed by atoms with van der Waals surface area (Å²) in [5.74, 6) is 0.802. The van der Waals surface area contributed by atoms with Gasteiger partial charge in [-0.25, -0.2) is 0 Å². The first-order valence-electron chi connectivity index (χ1n) is 4.77. The van der Waals surface area contributed by atoms with Crippen LogP contribution in [0.2, 0.25) is 0 Å². The smallest absolute Gasteiger partial charge is 0.255 e. The van der Waals surface area contributed by atoms with Crippen molar-refractivity contribution in [3.8, 4) is 0 Å². The summed E-state index contributed by atoms with van der Waals surface area (Å²) in [7, 11) is 0. The van der Waals surface area contributed by atoms with E-state index in [1.54, 1.807) is 19.9 Å². The van der Waals surface area contributed by atoms with E-state index >= 15 is 0 Å². The summed E-state index contributed by atoms with van der Waals surface area (Å²) < 4.78 is 5.05. The second-order valence-corrected chi connectivity index (χ2v) is 3.36. The van der Waals surface area contributed by atoms with E-state index in [0.717, 1.165) is 0 Å². The molecule has 0 aliphatic heterocycles. The lowest BCUT2D eigenvalue weighted by atomic mass is 10.2. The number of H-pyrrole nitrogens is 1. The minimum Gasteiger partial charge on any atom is -0.469 e. The van der Waals surface area contributed by atoms with Gasteiger partial charge in [-0.05, 0) is 19.9 Å². The first-order chi connectivity index (χ1) is 7.68. The Hall–Kier alpha value is -2.18. The Morgan fingerprint density at radius 2 is 2.44 bits per heavy atom. The van der Waals surface area contributed by atoms with Gasteiger partial charge in [0.05, 0.1) is 17.9 Å². The Kier molecular flexibility index (Phi) is 2.67. The van der Waals surface area contributed by atoms with Gasteiger partial charge in [0.1, 0.15) is 5.76 Å². The molecule has 1 amide bonds. The van der Waals surface area contributed by atoms with Crippen LogP contribution in [0.5, 0.6) is 0 Å². The van der Waals surface area contributed by atoms with Gasteiger partial charge < -0.3 is 9.73 Å². The summed E-state index contributed by atoms with van der Waals surface area (Å²) >= 11 is 0. The first kappa shape index (κ1) is 10.3. The molecule has 0 aromatic carbocycles.